The molecule has 3 nitrogen and oxygen atoms in total. The van der Waals surface area contributed by atoms with Crippen LogP contribution < -0.4 is 14.8 Å². The average Bonchev–Trinajstić information content (AvgIpc) is 2.92. The molecule has 1 atom stereocenters. The molecule has 0 bridgehead atoms. The van der Waals surface area contributed by atoms with Crippen LogP contribution in [0, 0.1) is 0 Å². The van der Waals surface area contributed by atoms with Crippen molar-refractivity contribution in [2.24, 2.45) is 0 Å². The van der Waals surface area contributed by atoms with E-state index in [2.05, 4.69) is 45.1 Å². The summed E-state index contributed by atoms with van der Waals surface area (Å²) in [6.45, 7) is 3.24. The summed E-state index contributed by atoms with van der Waals surface area (Å²) in [6, 6.07) is 4.19. The summed E-state index contributed by atoms with van der Waals surface area (Å²) in [5, 5.41) is 4.33. The lowest BCUT2D eigenvalue weighted by atomic mass is 10.2. The number of nitrogens with one attached hydrogen (secondary N) is 1. The number of halogens is 1. The van der Waals surface area contributed by atoms with E-state index < -0.39 is 0 Å². The molecule has 1 unspecified atom stereocenters. The number of thioether (sulfide) groups is 1. The van der Waals surface area contributed by atoms with E-state index in [1.54, 1.807) is 0 Å². The van der Waals surface area contributed by atoms with Crippen molar-refractivity contribution >= 4 is 27.7 Å². The fraction of sp³-hybridized carbons (Fsp3) is 0.571. The van der Waals surface area contributed by atoms with Gasteiger partial charge in [0.05, 0.1) is 4.47 Å². The highest BCUT2D eigenvalue weighted by atomic mass is 79.9. The van der Waals surface area contributed by atoms with E-state index in [1.165, 1.54) is 24.2 Å². The normalized spacial score (nSPS) is 21.6. The second kappa shape index (κ2) is 6.37. The van der Waals surface area contributed by atoms with Gasteiger partial charge < -0.3 is 14.8 Å². The number of hydrogen-bond acceptors (Lipinski definition) is 4. The van der Waals surface area contributed by atoms with Gasteiger partial charge in [-0.2, -0.15) is 11.8 Å². The molecule has 0 aromatic heterocycles. The molecule has 5 heteroatoms. The number of hydrogen-bond donors (Lipinski definition) is 1. The van der Waals surface area contributed by atoms with Crippen molar-refractivity contribution in [3.05, 3.63) is 22.2 Å². The summed E-state index contributed by atoms with van der Waals surface area (Å²) in [5.74, 6) is 3.01. The van der Waals surface area contributed by atoms with Crippen LogP contribution in [0.5, 0.6) is 11.5 Å². The van der Waals surface area contributed by atoms with E-state index in [1.807, 2.05) is 0 Å². The maximum absolute atomic E-state index is 5.64. The molecule has 0 aliphatic carbocycles. The van der Waals surface area contributed by atoms with Gasteiger partial charge in [0.1, 0.15) is 13.2 Å². The third kappa shape index (κ3) is 3.38. The first-order valence-electron chi connectivity index (χ1n) is 6.73. The number of fused-ring (bicyclic) bond motifs is 1. The second-order valence-electron chi connectivity index (χ2n) is 4.87. The smallest absolute Gasteiger partial charge is 0.175 e. The topological polar surface area (TPSA) is 30.5 Å². The molecule has 0 spiro atoms. The Morgan fingerprint density at radius 3 is 3.05 bits per heavy atom. The fourth-order valence-electron chi connectivity index (χ4n) is 2.45. The maximum atomic E-state index is 5.64. The third-order valence-electron chi connectivity index (χ3n) is 3.38. The monoisotopic (exact) mass is 343 g/mol. The van der Waals surface area contributed by atoms with E-state index in [9.17, 15) is 0 Å². The Hall–Kier alpha value is -0.390. The van der Waals surface area contributed by atoms with Crippen LogP contribution in [0.15, 0.2) is 16.6 Å². The van der Waals surface area contributed by atoms with Crippen molar-refractivity contribution in [1.29, 1.82) is 0 Å². The van der Waals surface area contributed by atoms with Gasteiger partial charge in [0.25, 0.3) is 0 Å². The molecule has 1 fully saturated rings. The quantitative estimate of drug-likeness (QED) is 0.909. The molecular weight excluding hydrogens is 326 g/mol. The van der Waals surface area contributed by atoms with Crippen molar-refractivity contribution in [2.45, 2.75) is 24.6 Å². The molecule has 0 radical (unpaired) electrons. The Bertz CT molecular complexity index is 449. The first-order chi connectivity index (χ1) is 9.33. The van der Waals surface area contributed by atoms with Gasteiger partial charge >= 0.3 is 0 Å². The van der Waals surface area contributed by atoms with Crippen LogP contribution in [0.25, 0.3) is 0 Å². The summed E-state index contributed by atoms with van der Waals surface area (Å²) in [6.07, 6.45) is 2.72. The predicted octanol–water partition coefficient (Wildman–Crippen LogP) is 3.21. The molecule has 0 amide bonds. The molecular formula is C14H18BrNO2S. The highest BCUT2D eigenvalue weighted by Gasteiger charge is 2.17. The summed E-state index contributed by atoms with van der Waals surface area (Å²) < 4.78 is 12.2. The molecule has 2 aliphatic rings. The lowest BCUT2D eigenvalue weighted by molar-refractivity contribution is 0.170. The zero-order valence-electron chi connectivity index (χ0n) is 10.8. The van der Waals surface area contributed by atoms with E-state index in [0.717, 1.165) is 34.3 Å². The molecule has 1 aromatic rings. The van der Waals surface area contributed by atoms with Gasteiger partial charge in [-0.15, -0.1) is 0 Å². The molecule has 19 heavy (non-hydrogen) atoms. The molecule has 104 valence electrons. The SMILES string of the molecule is Brc1cc(CNCC2CCCS2)cc2c1OCCO2. The summed E-state index contributed by atoms with van der Waals surface area (Å²) in [5.41, 5.74) is 1.24. The van der Waals surface area contributed by atoms with Crippen molar-refractivity contribution < 1.29 is 9.47 Å². The van der Waals surface area contributed by atoms with Crippen molar-refractivity contribution in [3.8, 4) is 11.5 Å². The van der Waals surface area contributed by atoms with Crippen molar-refractivity contribution in [3.63, 3.8) is 0 Å². The molecule has 1 aromatic carbocycles. The van der Waals surface area contributed by atoms with Gasteiger partial charge in [-0.3, -0.25) is 0 Å². The largest absolute Gasteiger partial charge is 0.486 e. The number of rotatable bonds is 4. The summed E-state index contributed by atoms with van der Waals surface area (Å²) in [4.78, 5) is 0. The number of ether oxygens (including phenoxy) is 2. The predicted molar refractivity (Wildman–Crippen MR) is 82.3 cm³/mol. The van der Waals surface area contributed by atoms with Crippen molar-refractivity contribution in [1.82, 2.24) is 5.32 Å². The maximum Gasteiger partial charge on any atom is 0.175 e. The number of benzene rings is 1. The lowest BCUT2D eigenvalue weighted by Crippen LogP contribution is -2.23. The molecule has 3 rings (SSSR count). The Kier molecular flexibility index (Phi) is 4.56. The van der Waals surface area contributed by atoms with Gasteiger partial charge in [-0.1, -0.05) is 0 Å². The van der Waals surface area contributed by atoms with Crippen LogP contribution in [0.4, 0.5) is 0 Å². The van der Waals surface area contributed by atoms with Crippen LogP contribution >= 0.6 is 27.7 Å². The van der Waals surface area contributed by atoms with Gasteiger partial charge in [0, 0.05) is 18.3 Å². The lowest BCUT2D eigenvalue weighted by Gasteiger charge is -2.20. The molecule has 1 saturated heterocycles. The zero-order valence-corrected chi connectivity index (χ0v) is 13.2. The van der Waals surface area contributed by atoms with Crippen LogP contribution in [0.3, 0.4) is 0 Å². The standard InChI is InChI=1S/C14H18BrNO2S/c15-12-6-10(7-13-14(12)18-4-3-17-13)8-16-9-11-2-1-5-19-11/h6-7,11,16H,1-5,8-9H2. The summed E-state index contributed by atoms with van der Waals surface area (Å²) >= 11 is 5.64. The Balaban J connectivity index is 1.59. The van der Waals surface area contributed by atoms with E-state index in [0.29, 0.717) is 13.2 Å². The molecule has 0 saturated carbocycles. The first kappa shape index (κ1) is 13.6. The van der Waals surface area contributed by atoms with Gasteiger partial charge in [-0.05, 0) is 52.2 Å². The van der Waals surface area contributed by atoms with Crippen LogP contribution in [0.1, 0.15) is 18.4 Å². The highest BCUT2D eigenvalue weighted by molar-refractivity contribution is 9.10. The Morgan fingerprint density at radius 2 is 2.21 bits per heavy atom. The second-order valence-corrected chi connectivity index (χ2v) is 7.13. The van der Waals surface area contributed by atoms with Gasteiger partial charge in [-0.25, -0.2) is 0 Å². The fourth-order valence-corrected chi connectivity index (χ4v) is 4.29. The van der Waals surface area contributed by atoms with Crippen LogP contribution in [0.2, 0.25) is 0 Å². The van der Waals surface area contributed by atoms with Gasteiger partial charge in [0.15, 0.2) is 11.5 Å². The molecule has 1 N–H and O–H groups in total. The average molecular weight is 344 g/mol. The minimum Gasteiger partial charge on any atom is -0.486 e. The van der Waals surface area contributed by atoms with E-state index in [-0.39, 0.29) is 0 Å². The van der Waals surface area contributed by atoms with Gasteiger partial charge in [0.2, 0.25) is 0 Å². The first-order valence-corrected chi connectivity index (χ1v) is 8.57. The molecule has 2 heterocycles. The molecule has 2 aliphatic heterocycles. The van der Waals surface area contributed by atoms with E-state index >= 15 is 0 Å². The zero-order chi connectivity index (χ0) is 13.1. The Morgan fingerprint density at radius 1 is 1.32 bits per heavy atom. The highest BCUT2D eigenvalue weighted by Crippen LogP contribution is 2.38. The minimum absolute atomic E-state index is 0.627. The minimum atomic E-state index is 0.627. The van der Waals surface area contributed by atoms with Crippen molar-refractivity contribution in [2.75, 3.05) is 25.5 Å². The van der Waals surface area contributed by atoms with E-state index in [4.69, 9.17) is 9.47 Å². The third-order valence-corrected chi connectivity index (χ3v) is 5.37. The summed E-state index contributed by atoms with van der Waals surface area (Å²) in [7, 11) is 0. The van der Waals surface area contributed by atoms with Crippen LogP contribution in [-0.2, 0) is 6.54 Å². The van der Waals surface area contributed by atoms with Crippen LogP contribution in [-0.4, -0.2) is 30.8 Å². The Labute approximate surface area is 126 Å².